The summed E-state index contributed by atoms with van der Waals surface area (Å²) in [6, 6.07) is 7.89. The first kappa shape index (κ1) is 15.2. The van der Waals surface area contributed by atoms with Crippen molar-refractivity contribution in [3.8, 4) is 0 Å². The molecule has 0 spiro atoms. The van der Waals surface area contributed by atoms with E-state index in [0.717, 1.165) is 41.7 Å². The summed E-state index contributed by atoms with van der Waals surface area (Å²) in [5, 5.41) is 10.7. The van der Waals surface area contributed by atoms with Crippen LogP contribution in [-0.2, 0) is 0 Å². The summed E-state index contributed by atoms with van der Waals surface area (Å²) in [6.07, 6.45) is 4.13. The van der Waals surface area contributed by atoms with Crippen LogP contribution in [0.15, 0.2) is 34.9 Å². The van der Waals surface area contributed by atoms with Gasteiger partial charge in [-0.3, -0.25) is 9.48 Å². The highest BCUT2D eigenvalue weighted by Gasteiger charge is 2.18. The molecule has 0 radical (unpaired) electrons. The molecule has 3 rings (SSSR count). The van der Waals surface area contributed by atoms with Gasteiger partial charge in [0.2, 0.25) is 0 Å². The largest absolute Gasteiger partial charge is 0.320 e. The molecule has 0 aliphatic carbocycles. The predicted octanol–water partition coefficient (Wildman–Crippen LogP) is 3.13. The molecule has 22 heavy (non-hydrogen) atoms. The molecule has 1 aliphatic rings. The van der Waals surface area contributed by atoms with Crippen LogP contribution in [0, 0.1) is 6.92 Å². The minimum atomic E-state index is -0.173. The zero-order chi connectivity index (χ0) is 15.5. The second-order valence-electron chi connectivity index (χ2n) is 5.59. The summed E-state index contributed by atoms with van der Waals surface area (Å²) in [7, 11) is 0. The van der Waals surface area contributed by atoms with E-state index in [1.54, 1.807) is 6.07 Å². The van der Waals surface area contributed by atoms with Gasteiger partial charge in [0, 0.05) is 22.9 Å². The lowest BCUT2D eigenvalue weighted by Crippen LogP contribution is -2.32. The topological polar surface area (TPSA) is 59.0 Å². The normalized spacial score (nSPS) is 18.2. The standard InChI is InChI=1S/C16H19BrN4O/c1-11-9-12(17)4-5-14(11)19-16(22)15-6-8-21(20-15)13-3-2-7-18-10-13/h4-6,8-9,13,18H,2-3,7,10H2,1H3,(H,19,22). The van der Waals surface area contributed by atoms with Crippen molar-refractivity contribution in [2.45, 2.75) is 25.8 Å². The van der Waals surface area contributed by atoms with Gasteiger partial charge in [0.05, 0.1) is 6.04 Å². The van der Waals surface area contributed by atoms with Crippen LogP contribution in [-0.4, -0.2) is 28.8 Å². The molecule has 1 aromatic heterocycles. The quantitative estimate of drug-likeness (QED) is 0.881. The molecule has 0 bridgehead atoms. The van der Waals surface area contributed by atoms with Gasteiger partial charge < -0.3 is 10.6 Å². The van der Waals surface area contributed by atoms with Crippen molar-refractivity contribution < 1.29 is 4.79 Å². The third-order valence-electron chi connectivity index (χ3n) is 3.92. The molecule has 1 unspecified atom stereocenters. The van der Waals surface area contributed by atoms with E-state index in [4.69, 9.17) is 0 Å². The molecule has 1 aromatic carbocycles. The lowest BCUT2D eigenvalue weighted by Gasteiger charge is -2.22. The first-order chi connectivity index (χ1) is 10.6. The zero-order valence-corrected chi connectivity index (χ0v) is 14.1. The number of benzene rings is 1. The number of hydrogen-bond acceptors (Lipinski definition) is 3. The Morgan fingerprint density at radius 2 is 2.32 bits per heavy atom. The van der Waals surface area contributed by atoms with Crippen molar-refractivity contribution in [1.82, 2.24) is 15.1 Å². The molecule has 1 fully saturated rings. The predicted molar refractivity (Wildman–Crippen MR) is 90.2 cm³/mol. The van der Waals surface area contributed by atoms with Gasteiger partial charge in [-0.05, 0) is 56.1 Å². The van der Waals surface area contributed by atoms with Crippen LogP contribution < -0.4 is 10.6 Å². The fourth-order valence-electron chi connectivity index (χ4n) is 2.68. The van der Waals surface area contributed by atoms with E-state index >= 15 is 0 Å². The average molecular weight is 363 g/mol. The Morgan fingerprint density at radius 3 is 3.05 bits per heavy atom. The van der Waals surface area contributed by atoms with E-state index in [9.17, 15) is 4.79 Å². The molecule has 2 N–H and O–H groups in total. The summed E-state index contributed by atoms with van der Waals surface area (Å²) in [5.74, 6) is -0.173. The Hall–Kier alpha value is -1.66. The van der Waals surface area contributed by atoms with Gasteiger partial charge in [-0.25, -0.2) is 0 Å². The van der Waals surface area contributed by atoms with Crippen molar-refractivity contribution in [3.05, 3.63) is 46.2 Å². The number of rotatable bonds is 3. The average Bonchev–Trinajstić information content (AvgIpc) is 3.01. The highest BCUT2D eigenvalue weighted by molar-refractivity contribution is 9.10. The Labute approximate surface area is 138 Å². The van der Waals surface area contributed by atoms with E-state index in [2.05, 4.69) is 31.7 Å². The molecule has 1 atom stereocenters. The number of hydrogen-bond donors (Lipinski definition) is 2. The van der Waals surface area contributed by atoms with Gasteiger partial charge >= 0.3 is 0 Å². The van der Waals surface area contributed by atoms with Crippen LogP contribution >= 0.6 is 15.9 Å². The van der Waals surface area contributed by atoms with Crippen LogP contribution in [0.3, 0.4) is 0 Å². The van der Waals surface area contributed by atoms with E-state index in [1.165, 1.54) is 0 Å². The highest BCUT2D eigenvalue weighted by Crippen LogP contribution is 2.21. The number of carbonyl (C=O) groups is 1. The lowest BCUT2D eigenvalue weighted by atomic mass is 10.1. The van der Waals surface area contributed by atoms with Crippen LogP contribution in [0.25, 0.3) is 0 Å². The van der Waals surface area contributed by atoms with Crippen molar-refractivity contribution in [2.24, 2.45) is 0 Å². The molecule has 1 aliphatic heterocycles. The maximum absolute atomic E-state index is 12.3. The molecule has 116 valence electrons. The molecular weight excluding hydrogens is 344 g/mol. The summed E-state index contributed by atoms with van der Waals surface area (Å²) in [4.78, 5) is 12.3. The molecule has 5 nitrogen and oxygen atoms in total. The van der Waals surface area contributed by atoms with Gasteiger partial charge in [0.1, 0.15) is 0 Å². The number of amides is 1. The maximum Gasteiger partial charge on any atom is 0.276 e. The first-order valence-corrected chi connectivity index (χ1v) is 8.26. The Morgan fingerprint density at radius 1 is 1.45 bits per heavy atom. The first-order valence-electron chi connectivity index (χ1n) is 7.47. The number of aryl methyl sites for hydroxylation is 1. The molecule has 1 amide bonds. The van der Waals surface area contributed by atoms with Gasteiger partial charge in [0.15, 0.2) is 5.69 Å². The number of nitrogens with zero attached hydrogens (tertiary/aromatic N) is 2. The van der Waals surface area contributed by atoms with E-state index < -0.39 is 0 Å². The number of nitrogens with one attached hydrogen (secondary N) is 2. The summed E-state index contributed by atoms with van der Waals surface area (Å²) in [6.45, 7) is 3.94. The summed E-state index contributed by atoms with van der Waals surface area (Å²) in [5.41, 5.74) is 2.27. The SMILES string of the molecule is Cc1cc(Br)ccc1NC(=O)c1ccn(C2CCCNC2)n1. The third-order valence-corrected chi connectivity index (χ3v) is 4.42. The van der Waals surface area contributed by atoms with Crippen LogP contribution in [0.5, 0.6) is 0 Å². The number of piperidine rings is 1. The van der Waals surface area contributed by atoms with E-state index in [-0.39, 0.29) is 5.91 Å². The number of aromatic nitrogens is 2. The highest BCUT2D eigenvalue weighted by atomic mass is 79.9. The smallest absolute Gasteiger partial charge is 0.276 e. The third kappa shape index (κ3) is 3.39. The van der Waals surface area contributed by atoms with Crippen molar-refractivity contribution in [3.63, 3.8) is 0 Å². The van der Waals surface area contributed by atoms with Crippen LogP contribution in [0.1, 0.15) is 34.9 Å². The molecular formula is C16H19BrN4O. The second-order valence-corrected chi connectivity index (χ2v) is 6.51. The summed E-state index contributed by atoms with van der Waals surface area (Å²) >= 11 is 3.42. The molecule has 2 aromatic rings. The second kappa shape index (κ2) is 6.62. The minimum absolute atomic E-state index is 0.173. The Kier molecular flexibility index (Phi) is 4.59. The molecule has 6 heteroatoms. The Balaban J connectivity index is 1.71. The van der Waals surface area contributed by atoms with E-state index in [1.807, 2.05) is 36.0 Å². The molecule has 0 saturated carbocycles. The van der Waals surface area contributed by atoms with Crippen LogP contribution in [0.4, 0.5) is 5.69 Å². The van der Waals surface area contributed by atoms with Crippen molar-refractivity contribution in [2.75, 3.05) is 18.4 Å². The zero-order valence-electron chi connectivity index (χ0n) is 12.5. The van der Waals surface area contributed by atoms with Crippen LogP contribution in [0.2, 0.25) is 0 Å². The lowest BCUT2D eigenvalue weighted by molar-refractivity contribution is 0.102. The fraction of sp³-hybridized carbons (Fsp3) is 0.375. The van der Waals surface area contributed by atoms with Gasteiger partial charge in [0.25, 0.3) is 5.91 Å². The van der Waals surface area contributed by atoms with Crippen molar-refractivity contribution in [1.29, 1.82) is 0 Å². The number of halogens is 1. The van der Waals surface area contributed by atoms with Gasteiger partial charge in [-0.2, -0.15) is 5.10 Å². The molecule has 2 heterocycles. The monoisotopic (exact) mass is 362 g/mol. The minimum Gasteiger partial charge on any atom is -0.320 e. The fourth-order valence-corrected chi connectivity index (χ4v) is 3.15. The van der Waals surface area contributed by atoms with Gasteiger partial charge in [-0.15, -0.1) is 0 Å². The number of anilines is 1. The van der Waals surface area contributed by atoms with E-state index in [0.29, 0.717) is 11.7 Å². The summed E-state index contributed by atoms with van der Waals surface area (Å²) < 4.78 is 2.90. The Bertz CT molecular complexity index is 677. The molecule has 1 saturated heterocycles. The van der Waals surface area contributed by atoms with Gasteiger partial charge in [-0.1, -0.05) is 15.9 Å². The number of carbonyl (C=O) groups excluding carboxylic acids is 1. The maximum atomic E-state index is 12.3. The van der Waals surface area contributed by atoms with Crippen molar-refractivity contribution >= 4 is 27.5 Å².